The Balaban J connectivity index is 1.52. The zero-order valence-corrected chi connectivity index (χ0v) is 14.5. The molecule has 1 saturated heterocycles. The molecule has 0 atom stereocenters. The second kappa shape index (κ2) is 5.86. The minimum Gasteiger partial charge on any atom is -0.370 e. The van der Waals surface area contributed by atoms with Crippen molar-refractivity contribution in [2.24, 2.45) is 7.05 Å². The number of aromatic nitrogens is 1. The number of hydrogen-bond acceptors (Lipinski definition) is 4. The van der Waals surface area contributed by atoms with E-state index < -0.39 is 0 Å². The number of hydrogen-bond donors (Lipinski definition) is 0. The Morgan fingerprint density at radius 1 is 1.25 bits per heavy atom. The quantitative estimate of drug-likeness (QED) is 0.796. The van der Waals surface area contributed by atoms with Crippen molar-refractivity contribution in [3.05, 3.63) is 56.1 Å². The molecule has 0 unspecified atom stereocenters. The molecule has 0 N–H and O–H groups in total. The first-order chi connectivity index (χ1) is 11.6. The van der Waals surface area contributed by atoms with Crippen LogP contribution < -0.4 is 5.56 Å². The predicted octanol–water partition coefficient (Wildman–Crippen LogP) is 2.15. The second-order valence-corrected chi connectivity index (χ2v) is 7.51. The van der Waals surface area contributed by atoms with E-state index in [4.69, 9.17) is 4.74 Å². The van der Waals surface area contributed by atoms with Crippen molar-refractivity contribution in [1.82, 2.24) is 9.47 Å². The fourth-order valence-corrected chi connectivity index (χ4v) is 4.70. The van der Waals surface area contributed by atoms with Gasteiger partial charge in [0.15, 0.2) is 0 Å². The third-order valence-corrected chi connectivity index (χ3v) is 6.12. The highest BCUT2D eigenvalue weighted by atomic mass is 32.1. The topological polar surface area (TPSA) is 51.5 Å². The third kappa shape index (κ3) is 2.50. The van der Waals surface area contributed by atoms with Crippen molar-refractivity contribution < 1.29 is 9.53 Å². The Morgan fingerprint density at radius 3 is 2.79 bits per heavy atom. The molecule has 1 amide bonds. The molecule has 4 rings (SSSR count). The Hall–Kier alpha value is -1.92. The SMILES string of the molecule is Cn1cc(C(=O)N2CCC3(CC2)OCCc2sccc23)ccc1=O. The largest absolute Gasteiger partial charge is 0.370 e. The first-order valence-electron chi connectivity index (χ1n) is 8.26. The number of piperidine rings is 1. The summed E-state index contributed by atoms with van der Waals surface area (Å²) in [5.41, 5.74) is 1.57. The monoisotopic (exact) mass is 344 g/mol. The van der Waals surface area contributed by atoms with Gasteiger partial charge in [-0.15, -0.1) is 11.3 Å². The van der Waals surface area contributed by atoms with E-state index in [0.717, 1.165) is 25.9 Å². The average molecular weight is 344 g/mol. The highest BCUT2D eigenvalue weighted by Gasteiger charge is 2.42. The molecule has 1 spiro atoms. The van der Waals surface area contributed by atoms with Crippen molar-refractivity contribution in [2.45, 2.75) is 24.9 Å². The molecule has 2 aliphatic heterocycles. The van der Waals surface area contributed by atoms with Gasteiger partial charge in [-0.25, -0.2) is 0 Å². The molecule has 5 nitrogen and oxygen atoms in total. The number of fused-ring (bicyclic) bond motifs is 2. The number of likely N-dealkylation sites (tertiary alicyclic amines) is 1. The van der Waals surface area contributed by atoms with Crippen LogP contribution in [0.1, 0.15) is 33.6 Å². The van der Waals surface area contributed by atoms with Crippen molar-refractivity contribution >= 4 is 17.2 Å². The van der Waals surface area contributed by atoms with Gasteiger partial charge in [-0.05, 0) is 35.9 Å². The molecule has 24 heavy (non-hydrogen) atoms. The molecule has 0 saturated carbocycles. The van der Waals surface area contributed by atoms with Crippen molar-refractivity contribution in [3.8, 4) is 0 Å². The van der Waals surface area contributed by atoms with Gasteiger partial charge in [0, 0.05) is 43.7 Å². The molecular formula is C18H20N2O3S. The zero-order valence-electron chi connectivity index (χ0n) is 13.7. The first kappa shape index (κ1) is 15.6. The van der Waals surface area contributed by atoms with Crippen LogP contribution in [0.3, 0.4) is 0 Å². The summed E-state index contributed by atoms with van der Waals surface area (Å²) in [6.07, 6.45) is 4.26. The van der Waals surface area contributed by atoms with Crippen molar-refractivity contribution in [3.63, 3.8) is 0 Å². The second-order valence-electron chi connectivity index (χ2n) is 6.51. The van der Waals surface area contributed by atoms with E-state index in [9.17, 15) is 9.59 Å². The third-order valence-electron chi connectivity index (χ3n) is 5.13. The number of carbonyl (C=O) groups is 1. The van der Waals surface area contributed by atoms with Gasteiger partial charge >= 0.3 is 0 Å². The number of pyridine rings is 1. The van der Waals surface area contributed by atoms with Gasteiger partial charge in [0.1, 0.15) is 0 Å². The number of rotatable bonds is 1. The number of carbonyl (C=O) groups excluding carboxylic acids is 1. The van der Waals surface area contributed by atoms with Crippen LogP contribution in [0.2, 0.25) is 0 Å². The van der Waals surface area contributed by atoms with Gasteiger partial charge in [0.2, 0.25) is 5.56 Å². The highest BCUT2D eigenvalue weighted by Crippen LogP contribution is 2.43. The number of amides is 1. The van der Waals surface area contributed by atoms with Crippen LogP contribution in [0.25, 0.3) is 0 Å². The van der Waals surface area contributed by atoms with Crippen LogP contribution in [0, 0.1) is 0 Å². The molecule has 0 aromatic carbocycles. The van der Waals surface area contributed by atoms with E-state index in [1.807, 2.05) is 4.90 Å². The maximum Gasteiger partial charge on any atom is 0.255 e. The van der Waals surface area contributed by atoms with E-state index in [0.29, 0.717) is 18.7 Å². The van der Waals surface area contributed by atoms with Gasteiger partial charge in [-0.1, -0.05) is 0 Å². The predicted molar refractivity (Wildman–Crippen MR) is 92.5 cm³/mol. The molecule has 126 valence electrons. The molecule has 0 aliphatic carbocycles. The summed E-state index contributed by atoms with van der Waals surface area (Å²) in [6.45, 7) is 2.12. The maximum absolute atomic E-state index is 12.7. The van der Waals surface area contributed by atoms with Gasteiger partial charge in [0.25, 0.3) is 5.91 Å². The van der Waals surface area contributed by atoms with Gasteiger partial charge in [-0.2, -0.15) is 0 Å². The van der Waals surface area contributed by atoms with Crippen LogP contribution in [0.4, 0.5) is 0 Å². The van der Waals surface area contributed by atoms with Crippen molar-refractivity contribution in [1.29, 1.82) is 0 Å². The smallest absolute Gasteiger partial charge is 0.255 e. The highest BCUT2D eigenvalue weighted by molar-refractivity contribution is 7.10. The Kier molecular flexibility index (Phi) is 3.81. The molecular weight excluding hydrogens is 324 g/mol. The lowest BCUT2D eigenvalue weighted by atomic mass is 9.82. The van der Waals surface area contributed by atoms with E-state index in [1.54, 1.807) is 30.6 Å². The fourth-order valence-electron chi connectivity index (χ4n) is 3.74. The summed E-state index contributed by atoms with van der Waals surface area (Å²) in [4.78, 5) is 27.5. The molecule has 4 heterocycles. The number of ether oxygens (including phenoxy) is 1. The Labute approximate surface area is 144 Å². The molecule has 2 aromatic heterocycles. The van der Waals surface area contributed by atoms with E-state index in [2.05, 4.69) is 11.4 Å². The van der Waals surface area contributed by atoms with Gasteiger partial charge in [0.05, 0.1) is 17.8 Å². The lowest BCUT2D eigenvalue weighted by Crippen LogP contribution is -2.48. The normalized spacial score (nSPS) is 19.3. The lowest BCUT2D eigenvalue weighted by Gasteiger charge is -2.44. The van der Waals surface area contributed by atoms with Crippen LogP contribution in [-0.2, 0) is 23.8 Å². The van der Waals surface area contributed by atoms with Gasteiger partial charge < -0.3 is 14.2 Å². The standard InChI is InChI=1S/C18H20N2O3S/c1-19-12-13(2-3-16(19)21)17(22)20-8-6-18(7-9-20)14-5-11-24-15(14)4-10-23-18/h2-3,5,11-12H,4,6-10H2,1H3. The van der Waals surface area contributed by atoms with Crippen LogP contribution >= 0.6 is 11.3 Å². The van der Waals surface area contributed by atoms with E-state index in [1.165, 1.54) is 21.1 Å². The maximum atomic E-state index is 12.7. The molecule has 0 radical (unpaired) electrons. The summed E-state index contributed by atoms with van der Waals surface area (Å²) in [5.74, 6) is -0.0122. The first-order valence-corrected chi connectivity index (χ1v) is 9.14. The summed E-state index contributed by atoms with van der Waals surface area (Å²) in [5, 5.41) is 2.14. The number of aryl methyl sites for hydroxylation is 1. The fraction of sp³-hybridized carbons (Fsp3) is 0.444. The Morgan fingerprint density at radius 2 is 2.04 bits per heavy atom. The summed E-state index contributed by atoms with van der Waals surface area (Å²) >= 11 is 1.81. The molecule has 1 fully saturated rings. The lowest BCUT2D eigenvalue weighted by molar-refractivity contribution is -0.0926. The molecule has 6 heteroatoms. The average Bonchev–Trinajstić information content (AvgIpc) is 3.08. The molecule has 0 bridgehead atoms. The minimum absolute atomic E-state index is 0.0122. The zero-order chi connectivity index (χ0) is 16.7. The minimum atomic E-state index is -0.214. The molecule has 2 aromatic rings. The van der Waals surface area contributed by atoms with Crippen LogP contribution in [0.5, 0.6) is 0 Å². The summed E-state index contributed by atoms with van der Waals surface area (Å²) in [6, 6.07) is 5.24. The number of thiophene rings is 1. The molecule has 2 aliphatic rings. The van der Waals surface area contributed by atoms with Crippen molar-refractivity contribution in [2.75, 3.05) is 19.7 Å². The van der Waals surface area contributed by atoms with Crippen LogP contribution in [0.15, 0.2) is 34.6 Å². The number of nitrogens with zero attached hydrogens (tertiary/aromatic N) is 2. The van der Waals surface area contributed by atoms with E-state index in [-0.39, 0.29) is 17.1 Å². The van der Waals surface area contributed by atoms with Crippen LogP contribution in [-0.4, -0.2) is 35.1 Å². The van der Waals surface area contributed by atoms with E-state index >= 15 is 0 Å². The van der Waals surface area contributed by atoms with Gasteiger partial charge in [-0.3, -0.25) is 9.59 Å². The Bertz CT molecular complexity index is 831. The summed E-state index contributed by atoms with van der Waals surface area (Å²) < 4.78 is 7.63. The summed E-state index contributed by atoms with van der Waals surface area (Å²) in [7, 11) is 1.66.